The van der Waals surface area contributed by atoms with Gasteiger partial charge in [-0.05, 0) is 13.0 Å². The summed E-state index contributed by atoms with van der Waals surface area (Å²) in [5, 5.41) is 0. The first-order chi connectivity index (χ1) is 9.15. The number of nitrogens with zero attached hydrogens (tertiary/aromatic N) is 1. The molecule has 1 aliphatic rings. The Hall–Kier alpha value is -2.30. The maximum atomic E-state index is 11.8. The molecule has 5 heteroatoms. The van der Waals surface area contributed by atoms with E-state index in [1.165, 1.54) is 4.57 Å². The standard InChI is InChI=1S/C14H14N2O3/c1-9-6-16(14(18)15-13(9)17)7-10-8-19-12-5-3-2-4-11(10)12/h2-6,10H,7-8H2,1H3,(H,15,17,18). The average Bonchev–Trinajstić information content (AvgIpc) is 2.80. The van der Waals surface area contributed by atoms with Crippen molar-refractivity contribution in [2.75, 3.05) is 6.61 Å². The minimum absolute atomic E-state index is 0.138. The van der Waals surface area contributed by atoms with E-state index in [1.807, 2.05) is 24.3 Å². The smallest absolute Gasteiger partial charge is 0.328 e. The van der Waals surface area contributed by atoms with Gasteiger partial charge in [-0.3, -0.25) is 14.3 Å². The van der Waals surface area contributed by atoms with Crippen LogP contribution in [0.5, 0.6) is 5.75 Å². The van der Waals surface area contributed by atoms with E-state index >= 15 is 0 Å². The molecule has 3 rings (SSSR count). The molecule has 2 heterocycles. The highest BCUT2D eigenvalue weighted by Crippen LogP contribution is 2.33. The van der Waals surface area contributed by atoms with Crippen molar-refractivity contribution in [2.24, 2.45) is 0 Å². The van der Waals surface area contributed by atoms with Crippen molar-refractivity contribution >= 4 is 0 Å². The van der Waals surface area contributed by atoms with Crippen molar-refractivity contribution in [3.8, 4) is 5.75 Å². The van der Waals surface area contributed by atoms with Crippen molar-refractivity contribution in [3.63, 3.8) is 0 Å². The summed E-state index contributed by atoms with van der Waals surface area (Å²) in [6.45, 7) is 2.76. The van der Waals surface area contributed by atoms with Gasteiger partial charge in [-0.2, -0.15) is 0 Å². The van der Waals surface area contributed by atoms with Gasteiger partial charge in [0.25, 0.3) is 5.56 Å². The van der Waals surface area contributed by atoms with Crippen molar-refractivity contribution in [2.45, 2.75) is 19.4 Å². The first-order valence-corrected chi connectivity index (χ1v) is 6.17. The first-order valence-electron chi connectivity index (χ1n) is 6.17. The molecule has 1 atom stereocenters. The fraction of sp³-hybridized carbons (Fsp3) is 0.286. The lowest BCUT2D eigenvalue weighted by Crippen LogP contribution is -2.32. The average molecular weight is 258 g/mol. The molecular formula is C14H14N2O3. The van der Waals surface area contributed by atoms with Gasteiger partial charge < -0.3 is 4.74 Å². The Balaban J connectivity index is 1.94. The Morgan fingerprint density at radius 3 is 3.00 bits per heavy atom. The summed E-state index contributed by atoms with van der Waals surface area (Å²) in [6, 6.07) is 7.83. The molecule has 98 valence electrons. The number of H-pyrrole nitrogens is 1. The molecule has 2 aromatic rings. The van der Waals surface area contributed by atoms with E-state index in [9.17, 15) is 9.59 Å². The third-order valence-corrected chi connectivity index (χ3v) is 3.40. The van der Waals surface area contributed by atoms with Crippen molar-refractivity contribution in [1.29, 1.82) is 0 Å². The third kappa shape index (κ3) is 2.07. The summed E-state index contributed by atoms with van der Waals surface area (Å²) in [7, 11) is 0. The van der Waals surface area contributed by atoms with Crippen LogP contribution in [0.2, 0.25) is 0 Å². The largest absolute Gasteiger partial charge is 0.493 e. The van der Waals surface area contributed by atoms with Crippen LogP contribution in [0.3, 0.4) is 0 Å². The molecule has 1 N–H and O–H groups in total. The van der Waals surface area contributed by atoms with Crippen LogP contribution in [0.4, 0.5) is 0 Å². The highest BCUT2D eigenvalue weighted by molar-refractivity contribution is 5.39. The maximum Gasteiger partial charge on any atom is 0.328 e. The van der Waals surface area contributed by atoms with E-state index in [1.54, 1.807) is 13.1 Å². The molecule has 1 aromatic heterocycles. The quantitative estimate of drug-likeness (QED) is 0.874. The molecule has 0 amide bonds. The Morgan fingerprint density at radius 2 is 2.16 bits per heavy atom. The van der Waals surface area contributed by atoms with Gasteiger partial charge in [0.2, 0.25) is 0 Å². The molecule has 1 aliphatic heterocycles. The molecule has 5 nitrogen and oxygen atoms in total. The summed E-state index contributed by atoms with van der Waals surface area (Å²) in [6.07, 6.45) is 1.60. The molecule has 1 aromatic carbocycles. The van der Waals surface area contributed by atoms with Crippen LogP contribution in [0.25, 0.3) is 0 Å². The summed E-state index contributed by atoms with van der Waals surface area (Å²) in [4.78, 5) is 25.4. The van der Waals surface area contributed by atoms with Crippen LogP contribution in [-0.2, 0) is 6.54 Å². The lowest BCUT2D eigenvalue weighted by atomic mass is 10.0. The monoisotopic (exact) mass is 258 g/mol. The highest BCUT2D eigenvalue weighted by Gasteiger charge is 2.24. The van der Waals surface area contributed by atoms with E-state index < -0.39 is 0 Å². The van der Waals surface area contributed by atoms with Crippen molar-refractivity contribution in [3.05, 3.63) is 62.4 Å². The lowest BCUT2D eigenvalue weighted by Gasteiger charge is -2.11. The predicted molar refractivity (Wildman–Crippen MR) is 70.7 cm³/mol. The maximum absolute atomic E-state index is 11.8. The van der Waals surface area contributed by atoms with E-state index in [0.717, 1.165) is 11.3 Å². The van der Waals surface area contributed by atoms with E-state index in [2.05, 4.69) is 4.98 Å². The summed E-state index contributed by atoms with van der Waals surface area (Å²) in [5.41, 5.74) is 0.939. The van der Waals surface area contributed by atoms with Gasteiger partial charge in [-0.25, -0.2) is 4.79 Å². The summed E-state index contributed by atoms with van der Waals surface area (Å²) >= 11 is 0. The van der Waals surface area contributed by atoms with Crippen LogP contribution in [0, 0.1) is 6.92 Å². The number of ether oxygens (including phenoxy) is 1. The fourth-order valence-electron chi connectivity index (χ4n) is 2.37. The Bertz CT molecular complexity index is 730. The number of para-hydroxylation sites is 1. The van der Waals surface area contributed by atoms with Crippen LogP contribution >= 0.6 is 0 Å². The second kappa shape index (κ2) is 4.42. The number of rotatable bonds is 2. The van der Waals surface area contributed by atoms with Crippen LogP contribution < -0.4 is 16.0 Å². The zero-order chi connectivity index (χ0) is 13.4. The van der Waals surface area contributed by atoms with Gasteiger partial charge in [0.15, 0.2) is 0 Å². The van der Waals surface area contributed by atoms with Gasteiger partial charge in [-0.15, -0.1) is 0 Å². The summed E-state index contributed by atoms with van der Waals surface area (Å²) in [5.74, 6) is 1.01. The molecule has 0 aliphatic carbocycles. The molecule has 0 saturated heterocycles. The molecular weight excluding hydrogens is 244 g/mol. The van der Waals surface area contributed by atoms with Crippen molar-refractivity contribution in [1.82, 2.24) is 9.55 Å². The highest BCUT2D eigenvalue weighted by atomic mass is 16.5. The second-order valence-corrected chi connectivity index (χ2v) is 4.77. The number of benzene rings is 1. The number of nitrogens with one attached hydrogen (secondary N) is 1. The molecule has 0 radical (unpaired) electrons. The third-order valence-electron chi connectivity index (χ3n) is 3.40. The van der Waals surface area contributed by atoms with Gasteiger partial charge in [0.1, 0.15) is 5.75 Å². The zero-order valence-electron chi connectivity index (χ0n) is 10.6. The van der Waals surface area contributed by atoms with Crippen LogP contribution in [0.15, 0.2) is 40.1 Å². The van der Waals surface area contributed by atoms with E-state index in [0.29, 0.717) is 18.7 Å². The Labute approximate surface area is 109 Å². The zero-order valence-corrected chi connectivity index (χ0v) is 10.6. The van der Waals surface area contributed by atoms with Crippen molar-refractivity contribution < 1.29 is 4.74 Å². The first kappa shape index (κ1) is 11.8. The van der Waals surface area contributed by atoms with Crippen LogP contribution in [-0.4, -0.2) is 16.2 Å². The molecule has 0 bridgehead atoms. The Kier molecular flexibility index (Phi) is 2.74. The normalized spacial score (nSPS) is 17.0. The van der Waals surface area contributed by atoms with Gasteiger partial charge in [-0.1, -0.05) is 18.2 Å². The molecule has 0 saturated carbocycles. The van der Waals surface area contributed by atoms with Gasteiger partial charge in [0, 0.05) is 29.8 Å². The topological polar surface area (TPSA) is 64.1 Å². The minimum Gasteiger partial charge on any atom is -0.493 e. The molecule has 19 heavy (non-hydrogen) atoms. The number of hydrogen-bond acceptors (Lipinski definition) is 3. The van der Waals surface area contributed by atoms with Crippen LogP contribution in [0.1, 0.15) is 17.0 Å². The van der Waals surface area contributed by atoms with E-state index in [4.69, 9.17) is 4.74 Å². The number of hydrogen-bond donors (Lipinski definition) is 1. The molecule has 0 fully saturated rings. The number of aromatic nitrogens is 2. The second-order valence-electron chi connectivity index (χ2n) is 4.77. The van der Waals surface area contributed by atoms with E-state index in [-0.39, 0.29) is 17.2 Å². The van der Waals surface area contributed by atoms with Gasteiger partial charge in [0.05, 0.1) is 6.61 Å². The predicted octanol–water partition coefficient (Wildman–Crippen LogP) is 1.02. The number of aryl methyl sites for hydroxylation is 1. The lowest BCUT2D eigenvalue weighted by molar-refractivity contribution is 0.317. The van der Waals surface area contributed by atoms with Gasteiger partial charge >= 0.3 is 5.69 Å². The molecule has 0 spiro atoms. The Morgan fingerprint density at radius 1 is 1.37 bits per heavy atom. The minimum atomic E-state index is -0.375. The summed E-state index contributed by atoms with van der Waals surface area (Å²) < 4.78 is 7.12. The SMILES string of the molecule is Cc1cn(CC2COc3ccccc32)c(=O)[nH]c1=O. The number of fused-ring (bicyclic) bond motifs is 1. The molecule has 1 unspecified atom stereocenters. The number of aromatic amines is 1. The fourth-order valence-corrected chi connectivity index (χ4v) is 2.37.